The second-order valence-electron chi connectivity index (χ2n) is 5.35. The number of benzene rings is 1. The van der Waals surface area contributed by atoms with E-state index in [2.05, 4.69) is 0 Å². The first-order valence-corrected chi connectivity index (χ1v) is 8.41. The molecule has 1 saturated heterocycles. The third-order valence-electron chi connectivity index (χ3n) is 4.15. The molecule has 104 valence electrons. The Morgan fingerprint density at radius 3 is 2.79 bits per heavy atom. The van der Waals surface area contributed by atoms with Crippen LogP contribution in [0.3, 0.4) is 0 Å². The summed E-state index contributed by atoms with van der Waals surface area (Å²) in [6, 6.07) is 9.60. The van der Waals surface area contributed by atoms with Crippen LogP contribution in [0.15, 0.2) is 30.3 Å². The highest BCUT2D eigenvalue weighted by Gasteiger charge is 2.46. The van der Waals surface area contributed by atoms with E-state index in [0.29, 0.717) is 24.3 Å². The van der Waals surface area contributed by atoms with Crippen molar-refractivity contribution in [1.82, 2.24) is 4.67 Å². The largest absolute Gasteiger partial charge is 0.461 e. The normalized spacial score (nSPS) is 35.6. The lowest BCUT2D eigenvalue weighted by molar-refractivity contribution is 0.0588. The zero-order valence-electron chi connectivity index (χ0n) is 11.2. The zero-order valence-corrected chi connectivity index (χ0v) is 12.1. The topological polar surface area (TPSA) is 38.8 Å². The second-order valence-corrected chi connectivity index (χ2v) is 7.36. The lowest BCUT2D eigenvalue weighted by Gasteiger charge is -2.44. The molecule has 0 amide bonds. The molecule has 19 heavy (non-hydrogen) atoms. The van der Waals surface area contributed by atoms with Crippen LogP contribution < -0.4 is 4.52 Å². The fourth-order valence-electron chi connectivity index (χ4n) is 3.04. The van der Waals surface area contributed by atoms with Crippen molar-refractivity contribution < 1.29 is 13.6 Å². The summed E-state index contributed by atoms with van der Waals surface area (Å²) in [6.45, 7) is 0.555. The molecule has 3 atom stereocenters. The molecule has 0 radical (unpaired) electrons. The maximum atomic E-state index is 12.9. The van der Waals surface area contributed by atoms with Gasteiger partial charge in [-0.1, -0.05) is 31.0 Å². The molecule has 3 rings (SSSR count). The summed E-state index contributed by atoms with van der Waals surface area (Å²) < 4.78 is 26.0. The van der Waals surface area contributed by atoms with Gasteiger partial charge in [-0.15, -0.1) is 0 Å². The van der Waals surface area contributed by atoms with Crippen LogP contribution >= 0.6 is 7.75 Å². The van der Waals surface area contributed by atoms with Gasteiger partial charge in [0.1, 0.15) is 5.75 Å². The predicted octanol–water partition coefficient (Wildman–Crippen LogP) is 3.69. The molecule has 1 aromatic rings. The van der Waals surface area contributed by atoms with Gasteiger partial charge in [-0.05, 0) is 37.9 Å². The van der Waals surface area contributed by atoms with Gasteiger partial charge in [-0.2, -0.15) is 4.67 Å². The number of nitrogens with zero attached hydrogens (tertiary/aromatic N) is 1. The van der Waals surface area contributed by atoms with E-state index in [0.717, 1.165) is 6.42 Å². The Balaban J connectivity index is 1.78. The first-order chi connectivity index (χ1) is 9.19. The minimum atomic E-state index is -3.18. The summed E-state index contributed by atoms with van der Waals surface area (Å²) >= 11 is 0. The van der Waals surface area contributed by atoms with E-state index in [1.807, 2.05) is 42.0 Å². The van der Waals surface area contributed by atoms with Crippen LogP contribution in [-0.2, 0) is 9.09 Å². The Labute approximate surface area is 114 Å². The first kappa shape index (κ1) is 13.2. The molecule has 0 unspecified atom stereocenters. The number of fused-ring (bicyclic) bond motifs is 1. The highest BCUT2D eigenvalue weighted by atomic mass is 31.2. The maximum Gasteiger partial charge on any atom is 0.461 e. The summed E-state index contributed by atoms with van der Waals surface area (Å²) in [5, 5.41) is 0. The van der Waals surface area contributed by atoms with E-state index >= 15 is 0 Å². The van der Waals surface area contributed by atoms with Crippen molar-refractivity contribution >= 4 is 7.75 Å². The molecule has 1 saturated carbocycles. The fourth-order valence-corrected chi connectivity index (χ4v) is 4.84. The van der Waals surface area contributed by atoms with Gasteiger partial charge >= 0.3 is 7.75 Å². The van der Waals surface area contributed by atoms with E-state index in [-0.39, 0.29) is 0 Å². The highest BCUT2D eigenvalue weighted by molar-refractivity contribution is 7.51. The summed E-state index contributed by atoms with van der Waals surface area (Å²) in [4.78, 5) is 0. The van der Waals surface area contributed by atoms with Crippen molar-refractivity contribution in [3.8, 4) is 5.75 Å². The molecule has 0 spiro atoms. The van der Waals surface area contributed by atoms with Crippen molar-refractivity contribution in [2.24, 2.45) is 5.92 Å². The molecule has 1 aromatic carbocycles. The Kier molecular flexibility index (Phi) is 3.66. The predicted molar refractivity (Wildman–Crippen MR) is 74.1 cm³/mol. The fraction of sp³-hybridized carbons (Fsp3) is 0.571. The summed E-state index contributed by atoms with van der Waals surface area (Å²) in [7, 11) is -1.32. The molecule has 5 heteroatoms. The van der Waals surface area contributed by atoms with E-state index < -0.39 is 7.75 Å². The van der Waals surface area contributed by atoms with E-state index in [1.54, 1.807) is 0 Å². The number of hydrogen-bond donors (Lipinski definition) is 0. The lowest BCUT2D eigenvalue weighted by Crippen LogP contribution is -2.45. The Bertz CT molecular complexity index is 479. The zero-order chi connectivity index (χ0) is 13.3. The molecule has 2 aliphatic rings. The molecular weight excluding hydrogens is 261 g/mol. The number of hydrogen-bond acceptors (Lipinski definition) is 3. The van der Waals surface area contributed by atoms with Gasteiger partial charge in [0, 0.05) is 6.04 Å². The van der Waals surface area contributed by atoms with Crippen LogP contribution in [0.4, 0.5) is 0 Å². The van der Waals surface area contributed by atoms with Gasteiger partial charge in [-0.3, -0.25) is 4.52 Å². The van der Waals surface area contributed by atoms with Crippen molar-refractivity contribution in [2.75, 3.05) is 13.7 Å². The Hall–Kier alpha value is -0.830. The monoisotopic (exact) mass is 281 g/mol. The van der Waals surface area contributed by atoms with E-state index in [1.165, 1.54) is 19.3 Å². The Morgan fingerprint density at radius 2 is 2.00 bits per heavy atom. The third-order valence-corrected chi connectivity index (χ3v) is 6.14. The SMILES string of the molecule is CN1[C@@H]2CCCC[C@@H]2CO[P@@]1(=O)Oc1ccccc1. The van der Waals surface area contributed by atoms with Crippen molar-refractivity contribution in [1.29, 1.82) is 0 Å². The minimum Gasteiger partial charge on any atom is -0.413 e. The van der Waals surface area contributed by atoms with Crippen molar-refractivity contribution in [3.63, 3.8) is 0 Å². The summed E-state index contributed by atoms with van der Waals surface area (Å²) in [5.74, 6) is 1.10. The molecule has 1 aliphatic carbocycles. The summed E-state index contributed by atoms with van der Waals surface area (Å²) in [6.07, 6.45) is 4.71. The van der Waals surface area contributed by atoms with E-state index in [4.69, 9.17) is 9.05 Å². The van der Waals surface area contributed by atoms with Crippen LogP contribution in [0.5, 0.6) is 5.75 Å². The van der Waals surface area contributed by atoms with Gasteiger partial charge in [0.05, 0.1) is 6.61 Å². The Morgan fingerprint density at radius 1 is 1.26 bits per heavy atom. The third kappa shape index (κ3) is 2.58. The highest BCUT2D eigenvalue weighted by Crippen LogP contribution is 2.57. The van der Waals surface area contributed by atoms with Crippen LogP contribution in [0, 0.1) is 5.92 Å². The standard InChI is InChI=1S/C14H20NO3P/c1-15-14-10-6-5-7-12(14)11-17-19(15,16)18-13-8-3-2-4-9-13/h2-4,8-9,12,14H,5-7,10-11H2,1H3/t12-,14-,19-/m1/s1. The average Bonchev–Trinajstić information content (AvgIpc) is 2.45. The van der Waals surface area contributed by atoms with Crippen LogP contribution in [0.2, 0.25) is 0 Å². The first-order valence-electron chi connectivity index (χ1n) is 6.91. The average molecular weight is 281 g/mol. The molecule has 1 heterocycles. The van der Waals surface area contributed by atoms with Crippen LogP contribution in [0.25, 0.3) is 0 Å². The molecule has 0 N–H and O–H groups in total. The quantitative estimate of drug-likeness (QED) is 0.775. The summed E-state index contributed by atoms with van der Waals surface area (Å²) in [5.41, 5.74) is 0. The maximum absolute atomic E-state index is 12.9. The molecule has 1 aliphatic heterocycles. The van der Waals surface area contributed by atoms with Gasteiger partial charge in [-0.25, -0.2) is 4.57 Å². The molecule has 2 fully saturated rings. The van der Waals surface area contributed by atoms with Crippen LogP contribution in [-0.4, -0.2) is 24.4 Å². The van der Waals surface area contributed by atoms with Gasteiger partial charge in [0.15, 0.2) is 0 Å². The lowest BCUT2D eigenvalue weighted by atomic mass is 9.85. The number of rotatable bonds is 2. The van der Waals surface area contributed by atoms with Crippen molar-refractivity contribution in [3.05, 3.63) is 30.3 Å². The van der Waals surface area contributed by atoms with Gasteiger partial charge < -0.3 is 4.52 Å². The molecule has 0 bridgehead atoms. The smallest absolute Gasteiger partial charge is 0.413 e. The van der Waals surface area contributed by atoms with Gasteiger partial charge in [0.2, 0.25) is 0 Å². The second kappa shape index (κ2) is 5.28. The van der Waals surface area contributed by atoms with Crippen molar-refractivity contribution in [2.45, 2.75) is 31.7 Å². The minimum absolute atomic E-state index is 0.331. The van der Waals surface area contributed by atoms with Crippen LogP contribution in [0.1, 0.15) is 25.7 Å². The van der Waals surface area contributed by atoms with Gasteiger partial charge in [0.25, 0.3) is 0 Å². The number of para-hydroxylation sites is 1. The van der Waals surface area contributed by atoms with E-state index in [9.17, 15) is 4.57 Å². The molecule has 0 aromatic heterocycles. The molecular formula is C14H20NO3P. The molecule has 4 nitrogen and oxygen atoms in total.